The Morgan fingerprint density at radius 2 is 1.90 bits per heavy atom. The van der Waals surface area contributed by atoms with E-state index in [9.17, 15) is 18.0 Å². The number of hydrogen-bond donors (Lipinski definition) is 2. The average molecular weight is 432 g/mol. The van der Waals surface area contributed by atoms with Crippen LogP contribution in [0.5, 0.6) is 0 Å². The number of amides is 2. The first-order valence-electron chi connectivity index (χ1n) is 8.87. The third kappa shape index (κ3) is 5.69. The summed E-state index contributed by atoms with van der Waals surface area (Å²) in [6, 6.07) is 14.0. The van der Waals surface area contributed by atoms with Crippen molar-refractivity contribution in [2.45, 2.75) is 10.6 Å². The fourth-order valence-corrected chi connectivity index (χ4v) is 4.85. The summed E-state index contributed by atoms with van der Waals surface area (Å²) in [5, 5.41) is 2.75. The van der Waals surface area contributed by atoms with Crippen molar-refractivity contribution < 1.29 is 18.0 Å². The highest BCUT2D eigenvalue weighted by molar-refractivity contribution is 8.00. The Labute approximate surface area is 174 Å². The third-order valence-corrected chi connectivity index (χ3v) is 6.52. The number of thioether (sulfide) groups is 1. The van der Waals surface area contributed by atoms with Crippen molar-refractivity contribution in [2.75, 3.05) is 29.1 Å². The molecule has 0 unspecified atom stereocenters. The molecule has 0 saturated heterocycles. The maximum absolute atomic E-state index is 12.4. The van der Waals surface area contributed by atoms with Gasteiger partial charge in [0.25, 0.3) is 0 Å². The minimum absolute atomic E-state index is 0.0853. The highest BCUT2D eigenvalue weighted by Gasteiger charge is 2.26. The van der Waals surface area contributed by atoms with Crippen LogP contribution in [-0.2, 0) is 25.4 Å². The van der Waals surface area contributed by atoms with Crippen molar-refractivity contribution in [1.82, 2.24) is 4.72 Å². The molecule has 0 radical (unpaired) electrons. The van der Waals surface area contributed by atoms with Crippen LogP contribution in [0.2, 0.25) is 0 Å². The molecule has 1 aliphatic heterocycles. The average Bonchev–Trinajstić information content (AvgIpc) is 2.70. The van der Waals surface area contributed by atoms with Crippen molar-refractivity contribution in [3.63, 3.8) is 0 Å². The van der Waals surface area contributed by atoms with Crippen LogP contribution in [0, 0.1) is 0 Å². The third-order valence-electron chi connectivity index (χ3n) is 4.15. The molecule has 0 saturated carbocycles. The van der Waals surface area contributed by atoms with Gasteiger partial charge in [-0.15, -0.1) is 18.3 Å². The summed E-state index contributed by atoms with van der Waals surface area (Å²) < 4.78 is 26.2. The first-order chi connectivity index (χ1) is 13.9. The summed E-state index contributed by atoms with van der Waals surface area (Å²) in [4.78, 5) is 27.1. The lowest BCUT2D eigenvalue weighted by Gasteiger charge is -2.28. The molecule has 0 aromatic heterocycles. The Morgan fingerprint density at radius 3 is 2.62 bits per heavy atom. The molecule has 0 atom stereocenters. The second-order valence-electron chi connectivity index (χ2n) is 6.38. The lowest BCUT2D eigenvalue weighted by Crippen LogP contribution is -2.41. The number of benzene rings is 2. The van der Waals surface area contributed by atoms with Crippen LogP contribution in [0.15, 0.2) is 66.1 Å². The van der Waals surface area contributed by atoms with Crippen LogP contribution < -0.4 is 14.9 Å². The van der Waals surface area contributed by atoms with Crippen LogP contribution in [0.1, 0.15) is 5.56 Å². The highest BCUT2D eigenvalue weighted by Crippen LogP contribution is 2.34. The molecule has 29 heavy (non-hydrogen) atoms. The van der Waals surface area contributed by atoms with Gasteiger partial charge in [0, 0.05) is 17.1 Å². The van der Waals surface area contributed by atoms with Crippen LogP contribution in [0.25, 0.3) is 0 Å². The van der Waals surface area contributed by atoms with E-state index in [4.69, 9.17) is 0 Å². The van der Waals surface area contributed by atoms with Crippen LogP contribution in [0.4, 0.5) is 11.4 Å². The molecule has 3 rings (SSSR count). The van der Waals surface area contributed by atoms with E-state index in [0.717, 1.165) is 10.6 Å². The van der Waals surface area contributed by atoms with Crippen molar-refractivity contribution in [2.24, 2.45) is 0 Å². The zero-order valence-electron chi connectivity index (χ0n) is 15.6. The lowest BCUT2D eigenvalue weighted by atomic mass is 10.2. The number of carbonyl (C=O) groups is 2. The van der Waals surface area contributed by atoms with Gasteiger partial charge in [-0.3, -0.25) is 9.59 Å². The van der Waals surface area contributed by atoms with Gasteiger partial charge in [0.15, 0.2) is 0 Å². The van der Waals surface area contributed by atoms with E-state index >= 15 is 0 Å². The number of hydrogen-bond acceptors (Lipinski definition) is 5. The molecule has 0 aliphatic carbocycles. The number of nitrogens with zero attached hydrogens (tertiary/aromatic N) is 1. The Bertz CT molecular complexity index is 1020. The van der Waals surface area contributed by atoms with Gasteiger partial charge in [0.1, 0.15) is 6.54 Å². The molecule has 2 N–H and O–H groups in total. The van der Waals surface area contributed by atoms with Crippen molar-refractivity contribution in [1.29, 1.82) is 0 Å². The number of sulfonamides is 1. The Kier molecular flexibility index (Phi) is 6.73. The minimum Gasteiger partial charge on any atom is -0.325 e. The maximum Gasteiger partial charge on any atom is 0.244 e. The fraction of sp³-hybridized carbons (Fsp3) is 0.200. The smallest absolute Gasteiger partial charge is 0.244 e. The SMILES string of the molecule is C=CCNS(=O)(=O)Cc1ccc(NC(=O)CN2C(=O)CSc3ccccc32)cc1. The van der Waals surface area contributed by atoms with Gasteiger partial charge in [-0.1, -0.05) is 30.3 Å². The minimum atomic E-state index is -3.44. The number of para-hydroxylation sites is 1. The molecular weight excluding hydrogens is 410 g/mol. The van der Waals surface area contributed by atoms with Crippen LogP contribution in [0.3, 0.4) is 0 Å². The Hall–Kier alpha value is -2.62. The van der Waals surface area contributed by atoms with Gasteiger partial charge >= 0.3 is 0 Å². The topological polar surface area (TPSA) is 95.6 Å². The number of nitrogens with one attached hydrogen (secondary N) is 2. The molecule has 152 valence electrons. The van der Waals surface area contributed by atoms with Crippen molar-refractivity contribution in [3.8, 4) is 0 Å². The number of rotatable bonds is 8. The summed E-state index contributed by atoms with van der Waals surface area (Å²) in [5.74, 6) is -0.302. The predicted molar refractivity (Wildman–Crippen MR) is 115 cm³/mol. The van der Waals surface area contributed by atoms with E-state index in [0.29, 0.717) is 17.0 Å². The first kappa shape index (κ1) is 21.1. The van der Waals surface area contributed by atoms with Gasteiger partial charge in [-0.05, 0) is 29.8 Å². The molecule has 2 amide bonds. The van der Waals surface area contributed by atoms with Gasteiger partial charge < -0.3 is 10.2 Å². The number of carbonyl (C=O) groups excluding carboxylic acids is 2. The maximum atomic E-state index is 12.4. The van der Waals surface area contributed by atoms with Crippen molar-refractivity contribution in [3.05, 3.63) is 66.7 Å². The number of fused-ring (bicyclic) bond motifs is 1. The second kappa shape index (κ2) is 9.25. The van der Waals surface area contributed by atoms with E-state index in [1.165, 1.54) is 22.7 Å². The molecule has 9 heteroatoms. The first-order valence-corrected chi connectivity index (χ1v) is 11.5. The molecule has 1 aliphatic rings. The van der Waals surface area contributed by atoms with Crippen molar-refractivity contribution >= 4 is 45.0 Å². The summed E-state index contributed by atoms with van der Waals surface area (Å²) >= 11 is 1.46. The number of anilines is 2. The lowest BCUT2D eigenvalue weighted by molar-refractivity contribution is -0.120. The molecule has 2 aromatic rings. The van der Waals surface area contributed by atoms with E-state index in [-0.39, 0.29) is 30.7 Å². The van der Waals surface area contributed by atoms with E-state index in [1.807, 2.05) is 24.3 Å². The quantitative estimate of drug-likeness (QED) is 0.626. The molecule has 0 fully saturated rings. The Balaban J connectivity index is 1.61. The van der Waals surface area contributed by atoms with Gasteiger partial charge in [-0.2, -0.15) is 0 Å². The molecular formula is C20H21N3O4S2. The molecule has 2 aromatic carbocycles. The standard InChI is InChI=1S/C20H21N3O4S2/c1-2-11-21-29(26,27)14-15-7-9-16(10-8-15)22-19(24)12-23-17-5-3-4-6-18(17)28-13-20(23)25/h2-10,21H,1,11-14H2,(H,22,24). The van der Waals surface area contributed by atoms with E-state index < -0.39 is 10.0 Å². The van der Waals surface area contributed by atoms with E-state index in [2.05, 4.69) is 16.6 Å². The molecule has 0 spiro atoms. The largest absolute Gasteiger partial charge is 0.325 e. The monoisotopic (exact) mass is 431 g/mol. The predicted octanol–water partition coefficient (Wildman–Crippen LogP) is 2.37. The summed E-state index contributed by atoms with van der Waals surface area (Å²) in [7, 11) is -3.44. The van der Waals surface area contributed by atoms with Crippen LogP contribution >= 0.6 is 11.8 Å². The fourth-order valence-electron chi connectivity index (χ4n) is 2.81. The summed E-state index contributed by atoms with van der Waals surface area (Å²) in [6.45, 7) is 3.56. The zero-order valence-corrected chi connectivity index (χ0v) is 17.3. The van der Waals surface area contributed by atoms with Gasteiger partial charge in [0.2, 0.25) is 21.8 Å². The Morgan fingerprint density at radius 1 is 1.17 bits per heavy atom. The van der Waals surface area contributed by atoms with Crippen LogP contribution in [-0.4, -0.2) is 39.1 Å². The normalized spacial score (nSPS) is 13.7. The summed E-state index contributed by atoms with van der Waals surface area (Å²) in [6.07, 6.45) is 1.47. The second-order valence-corrected chi connectivity index (χ2v) is 9.20. The highest BCUT2D eigenvalue weighted by atomic mass is 32.2. The molecule has 1 heterocycles. The zero-order chi connectivity index (χ0) is 20.9. The summed E-state index contributed by atoms with van der Waals surface area (Å²) in [5.41, 5.74) is 1.86. The van der Waals surface area contributed by atoms with Gasteiger partial charge in [0.05, 0.1) is 17.2 Å². The van der Waals surface area contributed by atoms with E-state index in [1.54, 1.807) is 24.3 Å². The van der Waals surface area contributed by atoms with Gasteiger partial charge in [-0.25, -0.2) is 13.1 Å². The molecule has 0 bridgehead atoms. The molecule has 7 nitrogen and oxygen atoms in total.